The van der Waals surface area contributed by atoms with Gasteiger partial charge in [0, 0.05) is 57.8 Å². The standard InChI is InChI=1S/C22H24FN5O2S/c1-24-20(29)15-4-6-19(17(23)12-15)28-9-7-27(8-10-28)13-14-3-5-16-18(11-14)25-22(30)26(2)21(16)31/h3-6,11-12H,7-10,13H2,1-2H3,(H,24,29)(H,25,30). The molecule has 1 aromatic heterocycles. The lowest BCUT2D eigenvalue weighted by Gasteiger charge is -2.36. The third-order valence-electron chi connectivity index (χ3n) is 5.72. The number of hydrogen-bond donors (Lipinski definition) is 2. The van der Waals surface area contributed by atoms with Crippen molar-refractivity contribution < 1.29 is 9.18 Å². The van der Waals surface area contributed by atoms with Crippen LogP contribution in [0.2, 0.25) is 0 Å². The van der Waals surface area contributed by atoms with E-state index in [1.165, 1.54) is 17.7 Å². The van der Waals surface area contributed by atoms with Crippen LogP contribution in [-0.4, -0.2) is 53.6 Å². The molecule has 3 aromatic rings. The molecule has 0 aliphatic carbocycles. The predicted octanol–water partition coefficient (Wildman–Crippen LogP) is 2.42. The van der Waals surface area contributed by atoms with Crippen molar-refractivity contribution in [3.63, 3.8) is 0 Å². The van der Waals surface area contributed by atoms with Crippen molar-refractivity contribution in [3.05, 3.63) is 68.5 Å². The molecule has 1 amide bonds. The van der Waals surface area contributed by atoms with Crippen molar-refractivity contribution in [1.82, 2.24) is 19.8 Å². The number of aromatic amines is 1. The number of carbonyl (C=O) groups excluding carboxylic acids is 1. The number of aromatic nitrogens is 2. The molecule has 0 spiro atoms. The van der Waals surface area contributed by atoms with Gasteiger partial charge in [0.15, 0.2) is 0 Å². The summed E-state index contributed by atoms with van der Waals surface area (Å²) in [5.74, 6) is -0.690. The number of rotatable bonds is 4. The Labute approximate surface area is 184 Å². The van der Waals surface area contributed by atoms with E-state index in [-0.39, 0.29) is 17.4 Å². The fourth-order valence-corrected chi connectivity index (χ4v) is 4.17. The van der Waals surface area contributed by atoms with Gasteiger partial charge in [0.1, 0.15) is 10.5 Å². The number of piperazine rings is 1. The van der Waals surface area contributed by atoms with Crippen LogP contribution >= 0.6 is 12.2 Å². The van der Waals surface area contributed by atoms with Gasteiger partial charge in [-0.05, 0) is 35.9 Å². The van der Waals surface area contributed by atoms with E-state index in [0.29, 0.717) is 29.0 Å². The highest BCUT2D eigenvalue weighted by Gasteiger charge is 2.20. The Hall–Kier alpha value is -3.04. The minimum atomic E-state index is -0.388. The number of H-pyrrole nitrogens is 1. The molecule has 2 heterocycles. The molecule has 1 saturated heterocycles. The summed E-state index contributed by atoms with van der Waals surface area (Å²) in [6.45, 7) is 3.67. The zero-order valence-electron chi connectivity index (χ0n) is 17.4. The maximum Gasteiger partial charge on any atom is 0.326 e. The average Bonchev–Trinajstić information content (AvgIpc) is 2.77. The predicted molar refractivity (Wildman–Crippen MR) is 122 cm³/mol. The number of halogens is 1. The summed E-state index contributed by atoms with van der Waals surface area (Å²) in [4.78, 5) is 30.9. The zero-order valence-corrected chi connectivity index (χ0v) is 18.3. The Kier molecular flexibility index (Phi) is 5.88. The van der Waals surface area contributed by atoms with Crippen molar-refractivity contribution in [2.75, 3.05) is 38.1 Å². The molecule has 1 aliphatic rings. The third kappa shape index (κ3) is 4.24. The number of nitrogens with zero attached hydrogens (tertiary/aromatic N) is 3. The van der Waals surface area contributed by atoms with Gasteiger partial charge in [-0.15, -0.1) is 0 Å². The van der Waals surface area contributed by atoms with Crippen LogP contribution in [0, 0.1) is 10.5 Å². The van der Waals surface area contributed by atoms with Gasteiger partial charge in [-0.25, -0.2) is 9.18 Å². The van der Waals surface area contributed by atoms with Gasteiger partial charge >= 0.3 is 5.69 Å². The number of anilines is 1. The van der Waals surface area contributed by atoms with Crippen molar-refractivity contribution in [2.45, 2.75) is 6.54 Å². The maximum absolute atomic E-state index is 14.5. The molecule has 4 rings (SSSR count). The van der Waals surface area contributed by atoms with E-state index in [1.54, 1.807) is 19.2 Å². The van der Waals surface area contributed by atoms with Gasteiger partial charge < -0.3 is 15.2 Å². The van der Waals surface area contributed by atoms with Crippen LogP contribution in [0.15, 0.2) is 41.2 Å². The molecule has 1 aliphatic heterocycles. The summed E-state index contributed by atoms with van der Waals surface area (Å²) in [6, 6.07) is 10.5. The van der Waals surface area contributed by atoms with Crippen LogP contribution in [0.5, 0.6) is 0 Å². The molecule has 0 radical (unpaired) electrons. The second-order valence-corrected chi connectivity index (χ2v) is 8.07. The van der Waals surface area contributed by atoms with E-state index in [2.05, 4.69) is 15.2 Å². The molecule has 0 atom stereocenters. The number of carbonyl (C=O) groups is 1. The van der Waals surface area contributed by atoms with Gasteiger partial charge in [0.05, 0.1) is 11.2 Å². The van der Waals surface area contributed by atoms with Gasteiger partial charge in [-0.1, -0.05) is 18.3 Å². The van der Waals surface area contributed by atoms with Gasteiger partial charge in [0.25, 0.3) is 5.91 Å². The van der Waals surface area contributed by atoms with Crippen LogP contribution in [0.1, 0.15) is 15.9 Å². The molecule has 7 nitrogen and oxygen atoms in total. The SMILES string of the molecule is CNC(=O)c1ccc(N2CCN(Cc3ccc4c(=S)n(C)c(=O)[nH]c4c3)CC2)c(F)c1. The molecular weight excluding hydrogens is 417 g/mol. The molecule has 162 valence electrons. The van der Waals surface area contributed by atoms with Crippen LogP contribution < -0.4 is 15.9 Å². The molecule has 9 heteroatoms. The minimum absolute atomic E-state index is 0.229. The van der Waals surface area contributed by atoms with E-state index in [4.69, 9.17) is 12.2 Å². The van der Waals surface area contributed by atoms with Crippen molar-refractivity contribution in [2.24, 2.45) is 7.05 Å². The Morgan fingerprint density at radius 1 is 1.16 bits per heavy atom. The number of fused-ring (bicyclic) bond motifs is 1. The Morgan fingerprint density at radius 3 is 2.58 bits per heavy atom. The van der Waals surface area contributed by atoms with Gasteiger partial charge in [-0.3, -0.25) is 14.3 Å². The highest BCUT2D eigenvalue weighted by molar-refractivity contribution is 7.71. The normalized spacial score (nSPS) is 14.7. The fourth-order valence-electron chi connectivity index (χ4n) is 3.91. The lowest BCUT2D eigenvalue weighted by atomic mass is 10.1. The first-order chi connectivity index (χ1) is 14.9. The molecule has 0 saturated carbocycles. The first kappa shape index (κ1) is 21.2. The smallest absolute Gasteiger partial charge is 0.326 e. The van der Waals surface area contributed by atoms with Crippen LogP contribution in [0.3, 0.4) is 0 Å². The lowest BCUT2D eigenvalue weighted by molar-refractivity contribution is 0.0962. The summed E-state index contributed by atoms with van der Waals surface area (Å²) in [5.41, 5.74) is 2.42. The van der Waals surface area contributed by atoms with Gasteiger partial charge in [0.2, 0.25) is 0 Å². The summed E-state index contributed by atoms with van der Waals surface area (Å²) in [7, 11) is 3.18. The van der Waals surface area contributed by atoms with E-state index < -0.39 is 0 Å². The molecule has 1 fully saturated rings. The summed E-state index contributed by atoms with van der Waals surface area (Å²) in [6.07, 6.45) is 0. The lowest BCUT2D eigenvalue weighted by Crippen LogP contribution is -2.46. The Bertz CT molecular complexity index is 1260. The second-order valence-electron chi connectivity index (χ2n) is 7.68. The number of nitrogens with one attached hydrogen (secondary N) is 2. The first-order valence-corrected chi connectivity index (χ1v) is 10.5. The Balaban J connectivity index is 1.44. The molecule has 2 aromatic carbocycles. The molecule has 31 heavy (non-hydrogen) atoms. The Morgan fingerprint density at radius 2 is 1.90 bits per heavy atom. The molecule has 0 unspecified atom stereocenters. The average molecular weight is 442 g/mol. The highest BCUT2D eigenvalue weighted by Crippen LogP contribution is 2.23. The minimum Gasteiger partial charge on any atom is -0.367 e. The monoisotopic (exact) mass is 441 g/mol. The van der Waals surface area contributed by atoms with Crippen molar-refractivity contribution in [3.8, 4) is 0 Å². The van der Waals surface area contributed by atoms with E-state index in [0.717, 1.165) is 36.1 Å². The molecule has 0 bridgehead atoms. The number of amides is 1. The first-order valence-electron chi connectivity index (χ1n) is 10.1. The van der Waals surface area contributed by atoms with E-state index >= 15 is 0 Å². The van der Waals surface area contributed by atoms with Crippen molar-refractivity contribution in [1.29, 1.82) is 0 Å². The number of hydrogen-bond acceptors (Lipinski definition) is 5. The summed E-state index contributed by atoms with van der Waals surface area (Å²) < 4.78 is 16.5. The van der Waals surface area contributed by atoms with Crippen molar-refractivity contribution >= 4 is 34.7 Å². The van der Waals surface area contributed by atoms with Gasteiger partial charge in [-0.2, -0.15) is 0 Å². The quantitative estimate of drug-likeness (QED) is 0.609. The topological polar surface area (TPSA) is 73.4 Å². The summed E-state index contributed by atoms with van der Waals surface area (Å²) >= 11 is 5.36. The largest absolute Gasteiger partial charge is 0.367 e. The van der Waals surface area contributed by atoms with Crippen LogP contribution in [0.25, 0.3) is 10.9 Å². The number of benzene rings is 2. The van der Waals surface area contributed by atoms with Crippen LogP contribution in [-0.2, 0) is 13.6 Å². The summed E-state index contributed by atoms with van der Waals surface area (Å²) in [5, 5.41) is 3.35. The third-order valence-corrected chi connectivity index (χ3v) is 6.22. The highest BCUT2D eigenvalue weighted by atomic mass is 32.1. The fraction of sp³-hybridized carbons (Fsp3) is 0.318. The zero-order chi connectivity index (χ0) is 22.1. The maximum atomic E-state index is 14.5. The van der Waals surface area contributed by atoms with Crippen LogP contribution in [0.4, 0.5) is 10.1 Å². The van der Waals surface area contributed by atoms with E-state index in [9.17, 15) is 14.0 Å². The van der Waals surface area contributed by atoms with E-state index in [1.807, 2.05) is 23.1 Å². The second kappa shape index (κ2) is 8.60. The molecule has 2 N–H and O–H groups in total. The molecular formula is C22H24FN5O2S.